The van der Waals surface area contributed by atoms with E-state index in [1.807, 2.05) is 67.6 Å². The van der Waals surface area contributed by atoms with Gasteiger partial charge in [-0.15, -0.1) is 0 Å². The summed E-state index contributed by atoms with van der Waals surface area (Å²) in [6.07, 6.45) is 3.59. The van der Waals surface area contributed by atoms with E-state index < -0.39 is 0 Å². The topological polar surface area (TPSA) is 75.0 Å². The van der Waals surface area contributed by atoms with Gasteiger partial charge in [-0.2, -0.15) is 5.26 Å². The number of anilines is 1. The highest BCUT2D eigenvalue weighted by Gasteiger charge is 2.30. The molecule has 3 aromatic rings. The second-order valence-corrected chi connectivity index (χ2v) is 11.5. The van der Waals surface area contributed by atoms with Gasteiger partial charge in [0.15, 0.2) is 0 Å². The highest BCUT2D eigenvalue weighted by Crippen LogP contribution is 2.38. The normalized spacial score (nSPS) is 15.9. The van der Waals surface area contributed by atoms with Crippen LogP contribution in [0.3, 0.4) is 0 Å². The predicted octanol–water partition coefficient (Wildman–Crippen LogP) is 7.41. The first-order valence-electron chi connectivity index (χ1n) is 12.5. The molecule has 2 atom stereocenters. The van der Waals surface area contributed by atoms with Gasteiger partial charge in [0.2, 0.25) is 5.91 Å². The summed E-state index contributed by atoms with van der Waals surface area (Å²) < 4.78 is 5.83. The standard InChI is InChI=1S/C30H33N3O2S/c1-5-27(28(34)32-23-12-14-25(15-13-23)35-24-9-7-6-8-10-24)36-29-21(19-31)17-20-18-22(30(2,3)4)11-16-26(20)33-29/h6-10,12-15,17,22,27H,5,11,16,18H2,1-4H3,(H,32,34). The maximum absolute atomic E-state index is 13.1. The lowest BCUT2D eigenvalue weighted by Gasteiger charge is -2.34. The third-order valence-corrected chi connectivity index (χ3v) is 8.08. The molecule has 1 heterocycles. The Morgan fingerprint density at radius 3 is 2.50 bits per heavy atom. The highest BCUT2D eigenvalue weighted by atomic mass is 32.2. The van der Waals surface area contributed by atoms with Crippen LogP contribution in [0, 0.1) is 22.7 Å². The van der Waals surface area contributed by atoms with Gasteiger partial charge in [-0.05, 0) is 85.0 Å². The summed E-state index contributed by atoms with van der Waals surface area (Å²) >= 11 is 1.38. The average Bonchev–Trinajstić information content (AvgIpc) is 2.87. The zero-order valence-electron chi connectivity index (χ0n) is 21.4. The minimum absolute atomic E-state index is 0.101. The van der Waals surface area contributed by atoms with Crippen molar-refractivity contribution >= 4 is 23.4 Å². The van der Waals surface area contributed by atoms with Gasteiger partial charge in [0.1, 0.15) is 22.6 Å². The van der Waals surface area contributed by atoms with Crippen LogP contribution in [-0.4, -0.2) is 16.1 Å². The first kappa shape index (κ1) is 25.8. The van der Waals surface area contributed by atoms with Gasteiger partial charge in [0.05, 0.1) is 10.8 Å². The number of nitrogens with one attached hydrogen (secondary N) is 1. The number of para-hydroxylation sites is 1. The van der Waals surface area contributed by atoms with Gasteiger partial charge in [-0.1, -0.05) is 57.7 Å². The predicted molar refractivity (Wildman–Crippen MR) is 145 cm³/mol. The number of aryl methyl sites for hydroxylation is 1. The molecule has 0 bridgehead atoms. The number of fused-ring (bicyclic) bond motifs is 1. The van der Waals surface area contributed by atoms with Crippen LogP contribution in [0.25, 0.3) is 0 Å². The molecule has 186 valence electrons. The number of nitrogens with zero attached hydrogens (tertiary/aromatic N) is 2. The molecule has 0 fully saturated rings. The Balaban J connectivity index is 1.43. The lowest BCUT2D eigenvalue weighted by molar-refractivity contribution is -0.115. The molecular weight excluding hydrogens is 466 g/mol. The van der Waals surface area contributed by atoms with Gasteiger partial charge in [-0.25, -0.2) is 4.98 Å². The number of ether oxygens (including phenoxy) is 1. The van der Waals surface area contributed by atoms with Crippen LogP contribution in [0.4, 0.5) is 5.69 Å². The summed E-state index contributed by atoms with van der Waals surface area (Å²) in [6.45, 7) is 8.81. The maximum atomic E-state index is 13.1. The number of thioether (sulfide) groups is 1. The van der Waals surface area contributed by atoms with Crippen molar-refractivity contribution in [3.05, 3.63) is 77.5 Å². The van der Waals surface area contributed by atoms with Crippen molar-refractivity contribution in [3.8, 4) is 17.6 Å². The van der Waals surface area contributed by atoms with Crippen LogP contribution in [0.5, 0.6) is 11.5 Å². The molecule has 1 aromatic heterocycles. The molecule has 36 heavy (non-hydrogen) atoms. The van der Waals surface area contributed by atoms with Crippen molar-refractivity contribution in [2.75, 3.05) is 5.32 Å². The summed E-state index contributed by atoms with van der Waals surface area (Å²) in [5.41, 5.74) is 3.74. The van der Waals surface area contributed by atoms with Crippen LogP contribution in [0.2, 0.25) is 0 Å². The molecule has 0 saturated heterocycles. The van der Waals surface area contributed by atoms with Crippen LogP contribution in [-0.2, 0) is 17.6 Å². The summed E-state index contributed by atoms with van der Waals surface area (Å²) in [5, 5.41) is 13.1. The number of rotatable bonds is 7. The number of hydrogen-bond donors (Lipinski definition) is 1. The number of pyridine rings is 1. The Bertz CT molecular complexity index is 1240. The van der Waals surface area contributed by atoms with E-state index in [0.717, 1.165) is 30.7 Å². The molecule has 1 aliphatic carbocycles. The molecule has 5 nitrogen and oxygen atoms in total. The Kier molecular flexibility index (Phi) is 8.01. The second-order valence-electron chi connectivity index (χ2n) is 10.3. The highest BCUT2D eigenvalue weighted by molar-refractivity contribution is 8.00. The summed E-state index contributed by atoms with van der Waals surface area (Å²) in [6, 6.07) is 21.2. The molecule has 2 aromatic carbocycles. The molecule has 2 unspecified atom stereocenters. The Hall–Kier alpha value is -3.30. The average molecular weight is 500 g/mol. The number of carbonyl (C=O) groups is 1. The minimum atomic E-state index is -0.353. The number of benzene rings is 2. The largest absolute Gasteiger partial charge is 0.457 e. The molecule has 4 rings (SSSR count). The van der Waals surface area contributed by atoms with E-state index in [0.29, 0.717) is 34.4 Å². The number of hydrogen-bond acceptors (Lipinski definition) is 5. The first-order valence-corrected chi connectivity index (χ1v) is 13.4. The Labute approximate surface area is 218 Å². The molecule has 0 aliphatic heterocycles. The zero-order chi connectivity index (χ0) is 25.7. The SMILES string of the molecule is CCC(Sc1nc2c(cc1C#N)CC(C(C)(C)C)CC2)C(=O)Nc1ccc(Oc2ccccc2)cc1. The fourth-order valence-electron chi connectivity index (χ4n) is 4.47. The quantitative estimate of drug-likeness (QED) is 0.343. The van der Waals surface area contributed by atoms with Crippen LogP contribution in [0.1, 0.15) is 57.4 Å². The van der Waals surface area contributed by atoms with Crippen molar-refractivity contribution < 1.29 is 9.53 Å². The van der Waals surface area contributed by atoms with E-state index in [1.54, 1.807) is 0 Å². The first-order chi connectivity index (χ1) is 17.3. The minimum Gasteiger partial charge on any atom is -0.457 e. The number of amides is 1. The fourth-order valence-corrected chi connectivity index (χ4v) is 5.46. The van der Waals surface area contributed by atoms with E-state index in [2.05, 4.69) is 32.2 Å². The van der Waals surface area contributed by atoms with E-state index in [4.69, 9.17) is 9.72 Å². The molecule has 0 spiro atoms. The van der Waals surface area contributed by atoms with Crippen molar-refractivity contribution in [3.63, 3.8) is 0 Å². The monoisotopic (exact) mass is 499 g/mol. The molecular formula is C30H33N3O2S. The van der Waals surface area contributed by atoms with Gasteiger partial charge >= 0.3 is 0 Å². The third-order valence-electron chi connectivity index (χ3n) is 6.72. The molecule has 0 radical (unpaired) electrons. The van der Waals surface area contributed by atoms with Crippen LogP contribution in [0.15, 0.2) is 65.7 Å². The summed E-state index contributed by atoms with van der Waals surface area (Å²) in [4.78, 5) is 18.0. The molecule has 1 N–H and O–H groups in total. The van der Waals surface area contributed by atoms with Crippen LogP contribution < -0.4 is 10.1 Å². The Morgan fingerprint density at radius 1 is 1.17 bits per heavy atom. The van der Waals surface area contributed by atoms with Gasteiger partial charge in [-0.3, -0.25) is 4.79 Å². The molecule has 6 heteroatoms. The van der Waals surface area contributed by atoms with E-state index in [9.17, 15) is 10.1 Å². The maximum Gasteiger partial charge on any atom is 0.237 e. The molecule has 1 aliphatic rings. The third kappa shape index (κ3) is 6.27. The molecule has 0 saturated carbocycles. The summed E-state index contributed by atoms with van der Waals surface area (Å²) in [5.74, 6) is 1.94. The van der Waals surface area contributed by atoms with E-state index in [-0.39, 0.29) is 16.6 Å². The lowest BCUT2D eigenvalue weighted by atomic mass is 9.71. The van der Waals surface area contributed by atoms with Gasteiger partial charge < -0.3 is 10.1 Å². The molecule has 1 amide bonds. The number of nitriles is 1. The second kappa shape index (κ2) is 11.2. The van der Waals surface area contributed by atoms with E-state index in [1.165, 1.54) is 17.3 Å². The van der Waals surface area contributed by atoms with Gasteiger partial charge in [0, 0.05) is 11.4 Å². The van der Waals surface area contributed by atoms with Crippen molar-refractivity contribution in [2.45, 2.75) is 63.7 Å². The van der Waals surface area contributed by atoms with Crippen molar-refractivity contribution in [1.82, 2.24) is 4.98 Å². The zero-order valence-corrected chi connectivity index (χ0v) is 22.2. The Morgan fingerprint density at radius 2 is 1.86 bits per heavy atom. The van der Waals surface area contributed by atoms with E-state index >= 15 is 0 Å². The smallest absolute Gasteiger partial charge is 0.237 e. The summed E-state index contributed by atoms with van der Waals surface area (Å²) in [7, 11) is 0. The van der Waals surface area contributed by atoms with Crippen LogP contribution >= 0.6 is 11.8 Å². The van der Waals surface area contributed by atoms with Crippen molar-refractivity contribution in [2.24, 2.45) is 11.3 Å². The number of carbonyl (C=O) groups excluding carboxylic acids is 1. The lowest BCUT2D eigenvalue weighted by Crippen LogP contribution is -2.28. The van der Waals surface area contributed by atoms with Gasteiger partial charge in [0.25, 0.3) is 0 Å². The van der Waals surface area contributed by atoms with Crippen molar-refractivity contribution in [1.29, 1.82) is 5.26 Å². The fraction of sp³-hybridized carbons (Fsp3) is 0.367. The number of aromatic nitrogens is 1.